The number of nitrogens with zero attached hydrogens (tertiary/aromatic N) is 1. The third-order valence-electron chi connectivity index (χ3n) is 3.58. The Labute approximate surface area is 135 Å². The zero-order valence-corrected chi connectivity index (χ0v) is 13.7. The molecule has 1 atom stereocenters. The third-order valence-corrected chi connectivity index (χ3v) is 3.89. The van der Waals surface area contributed by atoms with Gasteiger partial charge in [0.2, 0.25) is 5.91 Å². The molecule has 0 aliphatic carbocycles. The predicted octanol–water partition coefficient (Wildman–Crippen LogP) is 2.94. The zero-order valence-electron chi connectivity index (χ0n) is 12.9. The van der Waals surface area contributed by atoms with Crippen LogP contribution in [0.2, 0.25) is 5.02 Å². The quantitative estimate of drug-likeness (QED) is 0.926. The summed E-state index contributed by atoms with van der Waals surface area (Å²) in [5.41, 5.74) is 1.00. The monoisotopic (exact) mass is 324 g/mol. The standard InChI is InChI=1S/C16H21ClN2O3/c1-19(2)16(21)13-7-6-11(9-14(13)17)18-15(20)10-12-5-3-4-8-22-12/h6-7,9,12H,3-5,8,10H2,1-2H3,(H,18,20). The van der Waals surface area contributed by atoms with Crippen molar-refractivity contribution in [2.75, 3.05) is 26.0 Å². The molecule has 1 unspecified atom stereocenters. The van der Waals surface area contributed by atoms with Crippen molar-refractivity contribution in [3.05, 3.63) is 28.8 Å². The van der Waals surface area contributed by atoms with Crippen molar-refractivity contribution < 1.29 is 14.3 Å². The second-order valence-corrected chi connectivity index (χ2v) is 6.04. The molecule has 1 aromatic carbocycles. The maximum Gasteiger partial charge on any atom is 0.254 e. The first-order valence-corrected chi connectivity index (χ1v) is 7.78. The summed E-state index contributed by atoms with van der Waals surface area (Å²) < 4.78 is 5.55. The topological polar surface area (TPSA) is 58.6 Å². The van der Waals surface area contributed by atoms with Crippen LogP contribution < -0.4 is 5.32 Å². The number of anilines is 1. The van der Waals surface area contributed by atoms with Crippen LogP contribution in [0.15, 0.2) is 18.2 Å². The minimum Gasteiger partial charge on any atom is -0.378 e. The lowest BCUT2D eigenvalue weighted by atomic mass is 10.1. The summed E-state index contributed by atoms with van der Waals surface area (Å²) in [6.07, 6.45) is 3.43. The number of carbonyl (C=O) groups excluding carboxylic acids is 2. The second kappa shape index (κ2) is 7.61. The molecule has 5 nitrogen and oxygen atoms in total. The molecule has 0 radical (unpaired) electrons. The Morgan fingerprint density at radius 2 is 2.14 bits per heavy atom. The van der Waals surface area contributed by atoms with Gasteiger partial charge in [-0.15, -0.1) is 0 Å². The van der Waals surface area contributed by atoms with Gasteiger partial charge in [0.05, 0.1) is 23.1 Å². The second-order valence-electron chi connectivity index (χ2n) is 5.64. The summed E-state index contributed by atoms with van der Waals surface area (Å²) in [5, 5.41) is 3.12. The van der Waals surface area contributed by atoms with Crippen LogP contribution in [0.5, 0.6) is 0 Å². The predicted molar refractivity (Wildman–Crippen MR) is 86.3 cm³/mol. The first-order valence-electron chi connectivity index (χ1n) is 7.40. The van der Waals surface area contributed by atoms with E-state index < -0.39 is 0 Å². The highest BCUT2D eigenvalue weighted by molar-refractivity contribution is 6.34. The molecule has 0 saturated carbocycles. The number of hydrogen-bond acceptors (Lipinski definition) is 3. The molecule has 1 fully saturated rings. The number of nitrogens with one attached hydrogen (secondary N) is 1. The van der Waals surface area contributed by atoms with Crippen molar-refractivity contribution >= 4 is 29.1 Å². The van der Waals surface area contributed by atoms with Crippen LogP contribution in [0.4, 0.5) is 5.69 Å². The number of benzene rings is 1. The molecule has 1 aliphatic heterocycles. The number of ether oxygens (including phenoxy) is 1. The summed E-state index contributed by atoms with van der Waals surface area (Å²) in [7, 11) is 3.33. The minimum absolute atomic E-state index is 0.00110. The zero-order chi connectivity index (χ0) is 16.1. The van der Waals surface area contributed by atoms with E-state index >= 15 is 0 Å². The van der Waals surface area contributed by atoms with Gasteiger partial charge in [0.15, 0.2) is 0 Å². The van der Waals surface area contributed by atoms with Gasteiger partial charge in [-0.3, -0.25) is 9.59 Å². The van der Waals surface area contributed by atoms with E-state index in [0.717, 1.165) is 25.9 Å². The van der Waals surface area contributed by atoms with Crippen LogP contribution in [0, 0.1) is 0 Å². The van der Waals surface area contributed by atoms with Gasteiger partial charge in [-0.2, -0.15) is 0 Å². The highest BCUT2D eigenvalue weighted by Crippen LogP contribution is 2.23. The molecule has 0 spiro atoms. The highest BCUT2D eigenvalue weighted by atomic mass is 35.5. The van der Waals surface area contributed by atoms with Crippen molar-refractivity contribution in [3.63, 3.8) is 0 Å². The first-order chi connectivity index (χ1) is 10.5. The van der Waals surface area contributed by atoms with Crippen LogP contribution >= 0.6 is 11.6 Å². The molecule has 1 aromatic rings. The van der Waals surface area contributed by atoms with Gasteiger partial charge in [-0.1, -0.05) is 11.6 Å². The summed E-state index contributed by atoms with van der Waals surface area (Å²) >= 11 is 6.12. The SMILES string of the molecule is CN(C)C(=O)c1ccc(NC(=O)CC2CCCCO2)cc1Cl. The van der Waals surface area contributed by atoms with E-state index in [1.165, 1.54) is 4.90 Å². The Morgan fingerprint density at radius 1 is 1.36 bits per heavy atom. The summed E-state index contributed by atoms with van der Waals surface area (Å²) in [6, 6.07) is 4.90. The van der Waals surface area contributed by atoms with E-state index in [4.69, 9.17) is 16.3 Å². The number of halogens is 1. The smallest absolute Gasteiger partial charge is 0.254 e. The Morgan fingerprint density at radius 3 is 2.73 bits per heavy atom. The molecule has 1 N–H and O–H groups in total. The fourth-order valence-electron chi connectivity index (χ4n) is 2.39. The van der Waals surface area contributed by atoms with Gasteiger partial charge in [-0.05, 0) is 37.5 Å². The Kier molecular flexibility index (Phi) is 5.80. The Bertz CT molecular complexity index is 554. The molecule has 2 rings (SSSR count). The maximum absolute atomic E-state index is 12.0. The van der Waals surface area contributed by atoms with E-state index in [9.17, 15) is 9.59 Å². The number of rotatable bonds is 4. The first kappa shape index (κ1) is 16.8. The van der Waals surface area contributed by atoms with Crippen LogP contribution in [0.1, 0.15) is 36.0 Å². The summed E-state index contributed by atoms with van der Waals surface area (Å²) in [6.45, 7) is 0.727. The fraction of sp³-hybridized carbons (Fsp3) is 0.500. The highest BCUT2D eigenvalue weighted by Gasteiger charge is 2.18. The van der Waals surface area contributed by atoms with E-state index in [2.05, 4.69) is 5.32 Å². The van der Waals surface area contributed by atoms with Crippen LogP contribution in [-0.2, 0) is 9.53 Å². The van der Waals surface area contributed by atoms with Gasteiger partial charge in [0.1, 0.15) is 0 Å². The molecule has 0 bridgehead atoms. The van der Waals surface area contributed by atoms with Crippen LogP contribution in [0.3, 0.4) is 0 Å². The van der Waals surface area contributed by atoms with Gasteiger partial charge in [0.25, 0.3) is 5.91 Å². The molecule has 1 heterocycles. The molecular weight excluding hydrogens is 304 g/mol. The molecule has 2 amide bonds. The Hall–Kier alpha value is -1.59. The summed E-state index contributed by atoms with van der Waals surface area (Å²) in [4.78, 5) is 25.4. The number of hydrogen-bond donors (Lipinski definition) is 1. The average molecular weight is 325 g/mol. The van der Waals surface area contributed by atoms with Gasteiger partial charge in [-0.25, -0.2) is 0 Å². The van der Waals surface area contributed by atoms with E-state index in [-0.39, 0.29) is 17.9 Å². The Balaban J connectivity index is 1.96. The lowest BCUT2D eigenvalue weighted by molar-refractivity contribution is -0.119. The lowest BCUT2D eigenvalue weighted by Crippen LogP contribution is -2.25. The normalized spacial score (nSPS) is 17.9. The van der Waals surface area contributed by atoms with E-state index in [0.29, 0.717) is 22.7 Å². The van der Waals surface area contributed by atoms with Crippen molar-refractivity contribution in [3.8, 4) is 0 Å². The van der Waals surface area contributed by atoms with Crippen LogP contribution in [0.25, 0.3) is 0 Å². The molecule has 0 aromatic heterocycles. The lowest BCUT2D eigenvalue weighted by Gasteiger charge is -2.22. The van der Waals surface area contributed by atoms with E-state index in [1.807, 2.05) is 0 Å². The van der Waals surface area contributed by atoms with Gasteiger partial charge < -0.3 is 15.0 Å². The largest absolute Gasteiger partial charge is 0.378 e. The molecule has 6 heteroatoms. The molecule has 1 saturated heterocycles. The van der Waals surface area contributed by atoms with Gasteiger partial charge in [0, 0.05) is 26.4 Å². The molecule has 22 heavy (non-hydrogen) atoms. The molecule has 120 valence electrons. The number of carbonyl (C=O) groups is 2. The van der Waals surface area contributed by atoms with Crippen molar-refractivity contribution in [2.45, 2.75) is 31.8 Å². The summed E-state index contributed by atoms with van der Waals surface area (Å²) in [5.74, 6) is -0.270. The molecule has 1 aliphatic rings. The van der Waals surface area contributed by atoms with E-state index in [1.54, 1.807) is 32.3 Å². The van der Waals surface area contributed by atoms with Crippen molar-refractivity contribution in [1.29, 1.82) is 0 Å². The van der Waals surface area contributed by atoms with Crippen molar-refractivity contribution in [2.24, 2.45) is 0 Å². The average Bonchev–Trinajstić information content (AvgIpc) is 2.47. The van der Waals surface area contributed by atoms with Crippen molar-refractivity contribution in [1.82, 2.24) is 4.90 Å². The van der Waals surface area contributed by atoms with Crippen LogP contribution in [-0.4, -0.2) is 43.5 Å². The number of amides is 2. The fourth-order valence-corrected chi connectivity index (χ4v) is 2.66. The maximum atomic E-state index is 12.0. The third kappa shape index (κ3) is 4.45. The molecular formula is C16H21ClN2O3. The van der Waals surface area contributed by atoms with Gasteiger partial charge >= 0.3 is 0 Å². The minimum atomic E-state index is -0.168.